The summed E-state index contributed by atoms with van der Waals surface area (Å²) in [7, 11) is -3.59. The van der Waals surface area contributed by atoms with Gasteiger partial charge in [0, 0.05) is 17.1 Å². The topological polar surface area (TPSA) is 62.3 Å². The third kappa shape index (κ3) is 3.32. The lowest BCUT2D eigenvalue weighted by atomic mass is 10.0. The third-order valence-corrected chi connectivity index (χ3v) is 7.24. The van der Waals surface area contributed by atoms with Crippen molar-refractivity contribution in [3.63, 3.8) is 0 Å². The van der Waals surface area contributed by atoms with Crippen LogP contribution in [0.2, 0.25) is 0 Å². The van der Waals surface area contributed by atoms with Crippen LogP contribution in [0, 0.1) is 6.92 Å². The maximum absolute atomic E-state index is 12.4. The van der Waals surface area contributed by atoms with E-state index in [2.05, 4.69) is 32.8 Å². The molecule has 0 spiro atoms. The number of hydrogen-bond acceptors (Lipinski definition) is 5. The molecule has 2 aromatic heterocycles. The molecule has 0 radical (unpaired) electrons. The van der Waals surface area contributed by atoms with Gasteiger partial charge >= 0.3 is 0 Å². The Morgan fingerprint density at radius 1 is 1.12 bits per heavy atom. The number of nitrogens with zero attached hydrogens (tertiary/aromatic N) is 2. The molecule has 134 valence electrons. The van der Waals surface area contributed by atoms with Gasteiger partial charge in [-0.3, -0.25) is 4.72 Å². The van der Waals surface area contributed by atoms with Gasteiger partial charge in [0.15, 0.2) is 0 Å². The van der Waals surface area contributed by atoms with Crippen LogP contribution in [0.3, 0.4) is 0 Å². The van der Waals surface area contributed by atoms with Crippen molar-refractivity contribution in [1.29, 1.82) is 0 Å². The van der Waals surface area contributed by atoms with E-state index < -0.39 is 10.0 Å². The highest BCUT2D eigenvalue weighted by Crippen LogP contribution is 2.33. The number of aryl methyl sites for hydroxylation is 2. The summed E-state index contributed by atoms with van der Waals surface area (Å²) in [6.45, 7) is 2.81. The number of sulfonamides is 1. The zero-order chi connectivity index (χ0) is 18.1. The van der Waals surface area contributed by atoms with Crippen LogP contribution >= 0.6 is 11.3 Å². The van der Waals surface area contributed by atoms with Crippen molar-refractivity contribution in [2.45, 2.75) is 24.0 Å². The van der Waals surface area contributed by atoms with E-state index in [0.29, 0.717) is 10.0 Å². The number of fused-ring (bicyclic) bond motifs is 1. The molecule has 3 heterocycles. The zero-order valence-corrected chi connectivity index (χ0v) is 16.0. The first-order chi connectivity index (χ1) is 12.5. The smallest absolute Gasteiger partial charge is 0.272 e. The Bertz CT molecular complexity index is 1030. The van der Waals surface area contributed by atoms with Crippen molar-refractivity contribution in [1.82, 2.24) is 4.98 Å². The highest BCUT2D eigenvalue weighted by molar-refractivity contribution is 7.94. The van der Waals surface area contributed by atoms with Crippen LogP contribution in [0.4, 0.5) is 17.2 Å². The lowest BCUT2D eigenvalue weighted by molar-refractivity contribution is 0.603. The predicted molar refractivity (Wildman–Crippen MR) is 106 cm³/mol. The lowest BCUT2D eigenvalue weighted by Crippen LogP contribution is -2.24. The molecule has 5 nitrogen and oxygen atoms in total. The van der Waals surface area contributed by atoms with Crippen molar-refractivity contribution in [3.05, 3.63) is 65.2 Å². The number of thiophene rings is 1. The number of anilines is 3. The van der Waals surface area contributed by atoms with Gasteiger partial charge in [-0.05, 0) is 55.7 Å². The first-order valence-corrected chi connectivity index (χ1v) is 10.7. The van der Waals surface area contributed by atoms with Gasteiger partial charge in [-0.15, -0.1) is 11.3 Å². The molecule has 0 saturated carbocycles. The Morgan fingerprint density at radius 2 is 1.96 bits per heavy atom. The second-order valence-corrected chi connectivity index (χ2v) is 9.45. The van der Waals surface area contributed by atoms with Crippen LogP contribution in [-0.2, 0) is 16.4 Å². The van der Waals surface area contributed by atoms with E-state index in [1.54, 1.807) is 24.4 Å². The summed E-state index contributed by atoms with van der Waals surface area (Å²) in [5, 5.41) is 0. The molecule has 1 aliphatic rings. The predicted octanol–water partition coefficient (Wildman–Crippen LogP) is 4.34. The highest BCUT2D eigenvalue weighted by Gasteiger charge is 2.19. The summed E-state index contributed by atoms with van der Waals surface area (Å²) >= 11 is 1.25. The van der Waals surface area contributed by atoms with Crippen molar-refractivity contribution < 1.29 is 8.42 Å². The standard InChI is InChI=1S/C19H19N3O2S2/c1-14-8-11-19(25-14)26(23,24)21-18-10-9-16(13-20-18)22-12-4-6-15-5-2-3-7-17(15)22/h2-3,5,7-11,13H,4,6,12H2,1H3,(H,20,21). The number of aromatic nitrogens is 1. The van der Waals surface area contributed by atoms with Crippen LogP contribution in [0.25, 0.3) is 0 Å². The molecule has 1 aromatic carbocycles. The highest BCUT2D eigenvalue weighted by atomic mass is 32.2. The van der Waals surface area contributed by atoms with Crippen molar-refractivity contribution in [2.24, 2.45) is 0 Å². The van der Waals surface area contributed by atoms with E-state index in [0.717, 1.165) is 30.0 Å². The Kier molecular flexibility index (Phi) is 4.42. The molecule has 1 aliphatic heterocycles. The molecule has 0 amide bonds. The van der Waals surface area contributed by atoms with E-state index in [1.165, 1.54) is 22.6 Å². The molecule has 7 heteroatoms. The quantitative estimate of drug-likeness (QED) is 0.726. The molecular formula is C19H19N3O2S2. The minimum absolute atomic E-state index is 0.297. The van der Waals surface area contributed by atoms with Gasteiger partial charge in [-0.25, -0.2) is 13.4 Å². The first-order valence-electron chi connectivity index (χ1n) is 8.44. The molecule has 0 unspecified atom stereocenters. The van der Waals surface area contributed by atoms with E-state index >= 15 is 0 Å². The number of para-hydroxylation sites is 1. The summed E-state index contributed by atoms with van der Waals surface area (Å²) in [5.41, 5.74) is 3.49. The maximum Gasteiger partial charge on any atom is 0.272 e. The van der Waals surface area contributed by atoms with Crippen molar-refractivity contribution >= 4 is 38.6 Å². The molecule has 26 heavy (non-hydrogen) atoms. The molecule has 0 fully saturated rings. The van der Waals surface area contributed by atoms with Gasteiger partial charge in [0.25, 0.3) is 10.0 Å². The minimum Gasteiger partial charge on any atom is -0.340 e. The normalized spacial score (nSPS) is 14.1. The maximum atomic E-state index is 12.4. The van der Waals surface area contributed by atoms with Gasteiger partial charge in [-0.1, -0.05) is 18.2 Å². The molecule has 0 aliphatic carbocycles. The van der Waals surface area contributed by atoms with E-state index in [-0.39, 0.29) is 0 Å². The van der Waals surface area contributed by atoms with Crippen LogP contribution in [0.5, 0.6) is 0 Å². The molecule has 4 rings (SSSR count). The molecule has 1 N–H and O–H groups in total. The van der Waals surface area contributed by atoms with Gasteiger partial charge < -0.3 is 4.90 Å². The molecule has 0 saturated heterocycles. The zero-order valence-electron chi connectivity index (χ0n) is 14.3. The largest absolute Gasteiger partial charge is 0.340 e. The first kappa shape index (κ1) is 17.1. The number of benzene rings is 1. The lowest BCUT2D eigenvalue weighted by Gasteiger charge is -2.31. The molecule has 0 atom stereocenters. The number of pyridine rings is 1. The Balaban J connectivity index is 1.57. The minimum atomic E-state index is -3.59. The van der Waals surface area contributed by atoms with Crippen molar-refractivity contribution in [2.75, 3.05) is 16.2 Å². The van der Waals surface area contributed by atoms with Gasteiger partial charge in [0.05, 0.1) is 11.9 Å². The average Bonchev–Trinajstić information content (AvgIpc) is 3.09. The van der Waals surface area contributed by atoms with Gasteiger partial charge in [0.2, 0.25) is 0 Å². The molecule has 3 aromatic rings. The number of nitrogens with one attached hydrogen (secondary N) is 1. The fraction of sp³-hybridized carbons (Fsp3) is 0.211. The third-order valence-electron chi connectivity index (χ3n) is 4.39. The van der Waals surface area contributed by atoms with Gasteiger partial charge in [-0.2, -0.15) is 0 Å². The Morgan fingerprint density at radius 3 is 2.69 bits per heavy atom. The number of hydrogen-bond donors (Lipinski definition) is 1. The van der Waals surface area contributed by atoms with Crippen LogP contribution in [0.1, 0.15) is 16.9 Å². The fourth-order valence-electron chi connectivity index (χ4n) is 3.15. The molecular weight excluding hydrogens is 366 g/mol. The second kappa shape index (κ2) is 6.74. The summed E-state index contributed by atoms with van der Waals surface area (Å²) in [5.74, 6) is 0.324. The second-order valence-electron chi connectivity index (χ2n) is 6.26. The van der Waals surface area contributed by atoms with Crippen LogP contribution in [-0.4, -0.2) is 19.9 Å². The Labute approximate surface area is 157 Å². The van der Waals surface area contributed by atoms with Crippen LogP contribution < -0.4 is 9.62 Å². The van der Waals surface area contributed by atoms with Crippen molar-refractivity contribution in [3.8, 4) is 0 Å². The fourth-order valence-corrected chi connectivity index (χ4v) is 5.44. The van der Waals surface area contributed by atoms with E-state index in [4.69, 9.17) is 0 Å². The van der Waals surface area contributed by atoms with Crippen LogP contribution in [0.15, 0.2) is 58.9 Å². The Hall–Kier alpha value is -2.38. The number of rotatable bonds is 4. The monoisotopic (exact) mass is 385 g/mol. The summed E-state index contributed by atoms with van der Waals surface area (Å²) in [4.78, 5) is 7.50. The summed E-state index contributed by atoms with van der Waals surface area (Å²) in [6, 6.07) is 15.4. The molecule has 0 bridgehead atoms. The summed E-state index contributed by atoms with van der Waals surface area (Å²) < 4.78 is 27.7. The SMILES string of the molecule is Cc1ccc(S(=O)(=O)Nc2ccc(N3CCCc4ccccc43)cn2)s1. The average molecular weight is 386 g/mol. The van der Waals surface area contributed by atoms with Gasteiger partial charge in [0.1, 0.15) is 10.0 Å². The van der Waals surface area contributed by atoms with E-state index in [9.17, 15) is 8.42 Å². The van der Waals surface area contributed by atoms with E-state index in [1.807, 2.05) is 19.1 Å². The summed E-state index contributed by atoms with van der Waals surface area (Å²) in [6.07, 6.45) is 3.89.